The molecule has 0 saturated carbocycles. The van der Waals surface area contributed by atoms with Gasteiger partial charge >= 0.3 is 0 Å². The summed E-state index contributed by atoms with van der Waals surface area (Å²) < 4.78 is 0. The smallest absolute Gasteiger partial charge is 0.224 e. The second-order valence-corrected chi connectivity index (χ2v) is 4.59. The predicted octanol–water partition coefficient (Wildman–Crippen LogP) is 1.95. The first-order valence-electron chi connectivity index (χ1n) is 5.87. The third kappa shape index (κ3) is 3.56. The average molecular weight is 235 g/mol. The molecule has 1 rings (SSSR count). The molecule has 0 unspecified atom stereocenters. The number of benzene rings is 1. The lowest BCUT2D eigenvalue weighted by atomic mass is 10.0. The van der Waals surface area contributed by atoms with E-state index in [1.807, 2.05) is 0 Å². The number of hydrogen-bond donors (Lipinski definition) is 1. The van der Waals surface area contributed by atoms with Crippen molar-refractivity contribution in [2.24, 2.45) is 0 Å². The van der Waals surface area contributed by atoms with E-state index < -0.39 is 0 Å². The Bertz CT molecular complexity index is 413. The third-order valence-corrected chi connectivity index (χ3v) is 3.11. The van der Waals surface area contributed by atoms with Crippen LogP contribution >= 0.6 is 0 Å². The highest BCUT2D eigenvalue weighted by Crippen LogP contribution is 2.16. The van der Waals surface area contributed by atoms with Crippen LogP contribution in [0.1, 0.15) is 28.7 Å². The molecule has 94 valence electrons. The summed E-state index contributed by atoms with van der Waals surface area (Å²) in [5.41, 5.74) is 4.89. The Morgan fingerprint density at radius 1 is 1.18 bits per heavy atom. The zero-order valence-corrected chi connectivity index (χ0v) is 11.1. The number of nitrogens with zero attached hydrogens (tertiary/aromatic N) is 1. The summed E-state index contributed by atoms with van der Waals surface area (Å²) in [6, 6.07) is 4.28. The van der Waals surface area contributed by atoms with Crippen molar-refractivity contribution in [1.29, 1.82) is 0 Å². The fourth-order valence-electron chi connectivity index (χ4n) is 1.82. The molecule has 0 spiro atoms. The van der Waals surface area contributed by atoms with Crippen LogP contribution in [-0.4, -0.2) is 29.6 Å². The molecular weight excluding hydrogens is 214 g/mol. The highest BCUT2D eigenvalue weighted by Gasteiger charge is 2.10. The summed E-state index contributed by atoms with van der Waals surface area (Å²) in [7, 11) is 1.77. The number of carbonyl (C=O) groups excluding carboxylic acids is 1. The largest absolute Gasteiger partial charge is 0.396 e. The lowest BCUT2D eigenvalue weighted by Crippen LogP contribution is -2.27. The SMILES string of the molecule is Cc1cc(C)c(CN(C)C(=O)CCO)cc1C. The van der Waals surface area contributed by atoms with Crippen LogP contribution in [-0.2, 0) is 11.3 Å². The molecule has 1 aromatic rings. The van der Waals surface area contributed by atoms with Crippen LogP contribution in [0.15, 0.2) is 12.1 Å². The van der Waals surface area contributed by atoms with Gasteiger partial charge in [0.05, 0.1) is 6.61 Å². The third-order valence-electron chi connectivity index (χ3n) is 3.11. The molecule has 3 heteroatoms. The zero-order chi connectivity index (χ0) is 13.0. The van der Waals surface area contributed by atoms with E-state index in [1.54, 1.807) is 11.9 Å². The normalized spacial score (nSPS) is 10.4. The van der Waals surface area contributed by atoms with E-state index in [0.717, 1.165) is 0 Å². The molecule has 0 aliphatic rings. The van der Waals surface area contributed by atoms with Gasteiger partial charge in [0.2, 0.25) is 5.91 Å². The van der Waals surface area contributed by atoms with Gasteiger partial charge in [-0.15, -0.1) is 0 Å². The molecule has 0 saturated heterocycles. The van der Waals surface area contributed by atoms with Gasteiger partial charge in [-0.1, -0.05) is 12.1 Å². The lowest BCUT2D eigenvalue weighted by Gasteiger charge is -2.19. The summed E-state index contributed by atoms with van der Waals surface area (Å²) in [5, 5.41) is 8.74. The van der Waals surface area contributed by atoms with Crippen LogP contribution in [0, 0.1) is 20.8 Å². The highest BCUT2D eigenvalue weighted by molar-refractivity contribution is 5.76. The number of carbonyl (C=O) groups is 1. The van der Waals surface area contributed by atoms with Crippen molar-refractivity contribution >= 4 is 5.91 Å². The maximum Gasteiger partial charge on any atom is 0.224 e. The van der Waals surface area contributed by atoms with E-state index in [1.165, 1.54) is 22.3 Å². The van der Waals surface area contributed by atoms with Gasteiger partial charge in [-0.25, -0.2) is 0 Å². The first-order valence-corrected chi connectivity index (χ1v) is 5.87. The van der Waals surface area contributed by atoms with E-state index in [0.29, 0.717) is 6.54 Å². The molecule has 0 heterocycles. The second-order valence-electron chi connectivity index (χ2n) is 4.59. The Labute approximate surface area is 103 Å². The van der Waals surface area contributed by atoms with Crippen LogP contribution in [0.3, 0.4) is 0 Å². The van der Waals surface area contributed by atoms with Crippen LogP contribution in [0.4, 0.5) is 0 Å². The number of aliphatic hydroxyl groups excluding tert-OH is 1. The molecule has 0 bridgehead atoms. The Kier molecular flexibility index (Phi) is 4.70. The molecule has 17 heavy (non-hydrogen) atoms. The van der Waals surface area contributed by atoms with Gasteiger partial charge in [0, 0.05) is 20.0 Å². The van der Waals surface area contributed by atoms with Crippen molar-refractivity contribution in [1.82, 2.24) is 4.90 Å². The Balaban J connectivity index is 2.81. The minimum Gasteiger partial charge on any atom is -0.396 e. The quantitative estimate of drug-likeness (QED) is 0.866. The maximum absolute atomic E-state index is 11.6. The molecular formula is C14H21NO2. The average Bonchev–Trinajstić information content (AvgIpc) is 2.26. The van der Waals surface area contributed by atoms with Crippen molar-refractivity contribution in [3.63, 3.8) is 0 Å². The van der Waals surface area contributed by atoms with Gasteiger partial charge in [0.15, 0.2) is 0 Å². The minimum absolute atomic E-state index is 0.0230. The van der Waals surface area contributed by atoms with E-state index in [2.05, 4.69) is 32.9 Å². The number of hydrogen-bond acceptors (Lipinski definition) is 2. The summed E-state index contributed by atoms with van der Waals surface area (Å²) in [5.74, 6) is -0.0230. The van der Waals surface area contributed by atoms with Gasteiger partial charge in [0.25, 0.3) is 0 Å². The summed E-state index contributed by atoms with van der Waals surface area (Å²) in [6.07, 6.45) is 0.195. The Morgan fingerprint density at radius 3 is 2.35 bits per heavy atom. The van der Waals surface area contributed by atoms with Crippen molar-refractivity contribution in [3.8, 4) is 0 Å². The van der Waals surface area contributed by atoms with Gasteiger partial charge < -0.3 is 10.0 Å². The molecule has 1 amide bonds. The molecule has 1 N–H and O–H groups in total. The van der Waals surface area contributed by atoms with Crippen molar-refractivity contribution in [2.75, 3.05) is 13.7 Å². The lowest BCUT2D eigenvalue weighted by molar-refractivity contribution is -0.131. The van der Waals surface area contributed by atoms with Gasteiger partial charge in [-0.2, -0.15) is 0 Å². The highest BCUT2D eigenvalue weighted by atomic mass is 16.3. The second kappa shape index (κ2) is 5.82. The Morgan fingerprint density at radius 2 is 1.76 bits per heavy atom. The van der Waals surface area contributed by atoms with E-state index in [9.17, 15) is 4.79 Å². The molecule has 0 aromatic heterocycles. The van der Waals surface area contributed by atoms with Gasteiger partial charge in [0.1, 0.15) is 0 Å². The number of rotatable bonds is 4. The van der Waals surface area contributed by atoms with E-state index >= 15 is 0 Å². The molecule has 0 atom stereocenters. The van der Waals surface area contributed by atoms with Crippen LogP contribution in [0.2, 0.25) is 0 Å². The molecule has 0 aliphatic heterocycles. The molecule has 3 nitrogen and oxygen atoms in total. The fourth-order valence-corrected chi connectivity index (χ4v) is 1.82. The molecule has 0 fully saturated rings. The number of amides is 1. The van der Waals surface area contributed by atoms with Gasteiger partial charge in [-0.3, -0.25) is 4.79 Å². The Hall–Kier alpha value is -1.35. The number of aliphatic hydroxyl groups is 1. The van der Waals surface area contributed by atoms with Crippen molar-refractivity contribution in [3.05, 3.63) is 34.4 Å². The van der Waals surface area contributed by atoms with Gasteiger partial charge in [-0.05, 0) is 43.0 Å². The zero-order valence-electron chi connectivity index (χ0n) is 11.1. The first kappa shape index (κ1) is 13.7. The maximum atomic E-state index is 11.6. The minimum atomic E-state index is -0.0882. The summed E-state index contributed by atoms with van der Waals surface area (Å²) in [4.78, 5) is 13.2. The topological polar surface area (TPSA) is 40.5 Å². The van der Waals surface area contributed by atoms with Crippen molar-refractivity contribution in [2.45, 2.75) is 33.7 Å². The summed E-state index contributed by atoms with van der Waals surface area (Å²) in [6.45, 7) is 6.74. The predicted molar refractivity (Wildman–Crippen MR) is 68.8 cm³/mol. The van der Waals surface area contributed by atoms with Crippen molar-refractivity contribution < 1.29 is 9.90 Å². The first-order chi connectivity index (χ1) is 7.95. The fraction of sp³-hybridized carbons (Fsp3) is 0.500. The molecule has 0 radical (unpaired) electrons. The van der Waals surface area contributed by atoms with E-state index in [4.69, 9.17) is 5.11 Å². The van der Waals surface area contributed by atoms with E-state index in [-0.39, 0.29) is 18.9 Å². The standard InChI is InChI=1S/C14H21NO2/c1-10-7-12(3)13(8-11(10)2)9-15(4)14(17)5-6-16/h7-8,16H,5-6,9H2,1-4H3. The van der Waals surface area contributed by atoms with Crippen LogP contribution in [0.25, 0.3) is 0 Å². The van der Waals surface area contributed by atoms with Crippen LogP contribution < -0.4 is 0 Å². The molecule has 1 aromatic carbocycles. The van der Waals surface area contributed by atoms with Crippen LogP contribution in [0.5, 0.6) is 0 Å². The summed E-state index contributed by atoms with van der Waals surface area (Å²) >= 11 is 0. The molecule has 0 aliphatic carbocycles. The number of aryl methyl sites for hydroxylation is 3. The monoisotopic (exact) mass is 235 g/mol.